The number of nitrogens with two attached hydrogens (primary N) is 1. The van der Waals surface area contributed by atoms with Gasteiger partial charge in [-0.3, -0.25) is 19.3 Å². The van der Waals surface area contributed by atoms with Crippen molar-refractivity contribution < 1.29 is 27.6 Å². The number of carbonyl (C=O) groups is 3. The molecule has 41 heavy (non-hydrogen) atoms. The van der Waals surface area contributed by atoms with E-state index in [0.29, 0.717) is 36.5 Å². The minimum atomic E-state index is -4.40. The van der Waals surface area contributed by atoms with Crippen LogP contribution in [0.1, 0.15) is 50.8 Å². The predicted molar refractivity (Wildman–Crippen MR) is 141 cm³/mol. The quantitative estimate of drug-likeness (QED) is 0.300. The molecule has 0 saturated carbocycles. The van der Waals surface area contributed by atoms with Crippen molar-refractivity contribution in [2.45, 2.75) is 38.3 Å². The van der Waals surface area contributed by atoms with E-state index in [2.05, 4.69) is 15.4 Å². The van der Waals surface area contributed by atoms with E-state index in [4.69, 9.17) is 5.73 Å². The van der Waals surface area contributed by atoms with Crippen LogP contribution in [0.5, 0.6) is 0 Å². The second kappa shape index (κ2) is 11.3. The zero-order valence-electron chi connectivity index (χ0n) is 21.6. The molecular formula is C29H25F3N6O3. The third-order valence-electron chi connectivity index (χ3n) is 6.77. The molecule has 0 bridgehead atoms. The van der Waals surface area contributed by atoms with Crippen LogP contribution in [0, 0.1) is 0 Å². The number of nitrogens with one attached hydrogen (secondary N) is 1. The van der Waals surface area contributed by atoms with E-state index in [1.54, 1.807) is 54.7 Å². The lowest BCUT2D eigenvalue weighted by Gasteiger charge is -2.19. The first-order valence-electron chi connectivity index (χ1n) is 12.7. The summed E-state index contributed by atoms with van der Waals surface area (Å²) in [5.41, 5.74) is 7.38. The molecule has 2 aromatic carbocycles. The molecule has 0 radical (unpaired) electrons. The number of alkyl halides is 3. The molecule has 9 nitrogen and oxygen atoms in total. The maximum atomic E-state index is 13.4. The van der Waals surface area contributed by atoms with Gasteiger partial charge in [0.25, 0.3) is 11.8 Å². The number of primary amides is 1. The Morgan fingerprint density at radius 1 is 0.976 bits per heavy atom. The largest absolute Gasteiger partial charge is 0.416 e. The van der Waals surface area contributed by atoms with Crippen molar-refractivity contribution in [1.29, 1.82) is 0 Å². The lowest BCUT2D eigenvalue weighted by atomic mass is 10.0. The maximum absolute atomic E-state index is 13.4. The molecule has 5 rings (SSSR count). The molecule has 3 heterocycles. The maximum Gasteiger partial charge on any atom is 0.416 e. The first-order valence-corrected chi connectivity index (χ1v) is 12.7. The minimum Gasteiger partial charge on any atom is -0.363 e. The summed E-state index contributed by atoms with van der Waals surface area (Å²) in [5, 5.41) is 7.35. The van der Waals surface area contributed by atoms with Gasteiger partial charge in [-0.2, -0.15) is 18.3 Å². The van der Waals surface area contributed by atoms with Gasteiger partial charge in [0.15, 0.2) is 5.82 Å². The van der Waals surface area contributed by atoms with Gasteiger partial charge in [-0.05, 0) is 47.0 Å². The standard InChI is InChI=1S/C29H25F3N6O3/c30-29(31,32)21-9-8-19-15-37(16-20(19)13-21)17-22-10-12-38(36-22)27-23(7-4-11-34-27)28(41)35-24(14-25(39)26(33)40)18-5-2-1-3-6-18/h1-13,24H,14-17H2,(H2,33,40)(H,35,41). The van der Waals surface area contributed by atoms with E-state index in [1.165, 1.54) is 23.0 Å². The second-order valence-electron chi connectivity index (χ2n) is 9.68. The van der Waals surface area contributed by atoms with E-state index in [-0.39, 0.29) is 17.8 Å². The highest BCUT2D eigenvalue weighted by molar-refractivity contribution is 6.35. The summed E-state index contributed by atoms with van der Waals surface area (Å²) in [6.07, 6.45) is -1.56. The van der Waals surface area contributed by atoms with Gasteiger partial charge in [0, 0.05) is 38.4 Å². The van der Waals surface area contributed by atoms with Crippen LogP contribution in [0.4, 0.5) is 13.2 Å². The van der Waals surface area contributed by atoms with E-state index in [1.807, 2.05) is 4.90 Å². The highest BCUT2D eigenvalue weighted by Crippen LogP contribution is 2.33. The monoisotopic (exact) mass is 562 g/mol. The molecule has 4 aromatic rings. The van der Waals surface area contributed by atoms with Crippen LogP contribution in [0.2, 0.25) is 0 Å². The summed E-state index contributed by atoms with van der Waals surface area (Å²) in [7, 11) is 0. The number of halogens is 3. The van der Waals surface area contributed by atoms with E-state index < -0.39 is 35.4 Å². The van der Waals surface area contributed by atoms with E-state index in [9.17, 15) is 27.6 Å². The Balaban J connectivity index is 1.32. The number of aromatic nitrogens is 3. The molecule has 0 fully saturated rings. The van der Waals surface area contributed by atoms with Gasteiger partial charge in [0.05, 0.1) is 22.9 Å². The predicted octanol–water partition coefficient (Wildman–Crippen LogP) is 3.72. The van der Waals surface area contributed by atoms with E-state index >= 15 is 0 Å². The average Bonchev–Trinajstić information content (AvgIpc) is 3.58. The van der Waals surface area contributed by atoms with Gasteiger partial charge in [-0.1, -0.05) is 36.4 Å². The van der Waals surface area contributed by atoms with Crippen molar-refractivity contribution in [2.75, 3.05) is 0 Å². The number of Topliss-reactive ketones (excluding diaryl/α,β-unsaturated/α-hetero) is 1. The van der Waals surface area contributed by atoms with Gasteiger partial charge in [-0.25, -0.2) is 9.67 Å². The van der Waals surface area contributed by atoms with Crippen molar-refractivity contribution >= 4 is 17.6 Å². The SMILES string of the molecule is NC(=O)C(=O)CC(NC(=O)c1cccnc1-n1ccc(CN2Cc3ccc(C(F)(F)F)cc3C2)n1)c1ccccc1. The number of rotatable bonds is 9. The number of nitrogens with zero attached hydrogens (tertiary/aromatic N) is 4. The molecular weight excluding hydrogens is 537 g/mol. The van der Waals surface area contributed by atoms with Gasteiger partial charge in [-0.15, -0.1) is 0 Å². The fourth-order valence-electron chi connectivity index (χ4n) is 4.76. The molecule has 1 aliphatic heterocycles. The first kappa shape index (κ1) is 27.7. The van der Waals surface area contributed by atoms with Gasteiger partial charge < -0.3 is 11.1 Å². The smallest absolute Gasteiger partial charge is 0.363 e. The molecule has 210 valence electrons. The number of pyridine rings is 1. The van der Waals surface area contributed by atoms with Crippen LogP contribution in [0.25, 0.3) is 5.82 Å². The fraction of sp³-hybridized carbons (Fsp3) is 0.207. The minimum absolute atomic E-state index is 0.183. The Bertz CT molecular complexity index is 1600. The van der Waals surface area contributed by atoms with Crippen molar-refractivity contribution in [3.05, 3.63) is 113 Å². The highest BCUT2D eigenvalue weighted by Gasteiger charge is 2.32. The molecule has 1 atom stereocenters. The highest BCUT2D eigenvalue weighted by atomic mass is 19.4. The lowest BCUT2D eigenvalue weighted by molar-refractivity contribution is -0.137. The Morgan fingerprint density at radius 2 is 1.73 bits per heavy atom. The molecule has 2 amide bonds. The number of benzene rings is 2. The summed E-state index contributed by atoms with van der Waals surface area (Å²) in [4.78, 5) is 43.2. The summed E-state index contributed by atoms with van der Waals surface area (Å²) < 4.78 is 40.8. The molecule has 3 N–H and O–H groups in total. The summed E-state index contributed by atoms with van der Waals surface area (Å²) in [6, 6.07) is 16.6. The third-order valence-corrected chi connectivity index (χ3v) is 6.77. The molecule has 0 saturated heterocycles. The van der Waals surface area contributed by atoms with Gasteiger partial charge >= 0.3 is 6.18 Å². The summed E-state index contributed by atoms with van der Waals surface area (Å²) in [5.74, 6) is -2.20. The number of ketones is 1. The lowest BCUT2D eigenvalue weighted by Crippen LogP contribution is -2.34. The van der Waals surface area contributed by atoms with Crippen LogP contribution in [0.3, 0.4) is 0 Å². The zero-order chi connectivity index (χ0) is 29.1. The van der Waals surface area contributed by atoms with Crippen molar-refractivity contribution in [2.24, 2.45) is 5.73 Å². The average molecular weight is 563 g/mol. The molecule has 1 unspecified atom stereocenters. The van der Waals surface area contributed by atoms with E-state index in [0.717, 1.165) is 11.6 Å². The van der Waals surface area contributed by atoms with Crippen LogP contribution < -0.4 is 11.1 Å². The normalized spacial score (nSPS) is 13.9. The van der Waals surface area contributed by atoms with Crippen molar-refractivity contribution in [1.82, 2.24) is 25.0 Å². The topological polar surface area (TPSA) is 123 Å². The number of amides is 2. The summed E-state index contributed by atoms with van der Waals surface area (Å²) in [6.45, 7) is 1.22. The van der Waals surface area contributed by atoms with Gasteiger partial charge in [0.1, 0.15) is 0 Å². The Hall–Kier alpha value is -4.84. The fourth-order valence-corrected chi connectivity index (χ4v) is 4.76. The molecule has 12 heteroatoms. The third kappa shape index (κ3) is 6.33. The van der Waals surface area contributed by atoms with Gasteiger partial charge in [0.2, 0.25) is 5.78 Å². The number of hydrogen-bond acceptors (Lipinski definition) is 6. The molecule has 0 aliphatic carbocycles. The van der Waals surface area contributed by atoms with Crippen molar-refractivity contribution in [3.8, 4) is 5.82 Å². The Morgan fingerprint density at radius 3 is 2.46 bits per heavy atom. The Kier molecular flexibility index (Phi) is 7.66. The van der Waals surface area contributed by atoms with Crippen LogP contribution in [-0.4, -0.2) is 37.3 Å². The van der Waals surface area contributed by atoms with Crippen LogP contribution in [0.15, 0.2) is 79.1 Å². The van der Waals surface area contributed by atoms with Crippen LogP contribution in [-0.2, 0) is 35.4 Å². The second-order valence-corrected chi connectivity index (χ2v) is 9.68. The Labute approximate surface area is 232 Å². The zero-order valence-corrected chi connectivity index (χ0v) is 21.6. The molecule has 1 aliphatic rings. The number of hydrogen-bond donors (Lipinski definition) is 2. The number of fused-ring (bicyclic) bond motifs is 1. The number of carbonyl (C=O) groups excluding carboxylic acids is 3. The molecule has 2 aromatic heterocycles. The first-order chi connectivity index (χ1) is 19.6. The van der Waals surface area contributed by atoms with Crippen molar-refractivity contribution in [3.63, 3.8) is 0 Å². The van der Waals surface area contributed by atoms with Crippen LogP contribution >= 0.6 is 0 Å². The molecule has 0 spiro atoms. The summed E-state index contributed by atoms with van der Waals surface area (Å²) >= 11 is 0.